The number of aliphatic hydroxyl groups is 2. The SMILES string of the molecule is C/C=C/C=C/C(=O)[C@H]1C(=O)[C@]2(C)C(=O)[C@@](C)(O)[C@H]1[C@H]([C@@]1(C)OC(=O)C(C)=C1O)[C@H]2C(=O)CC/C=C/C. The van der Waals surface area contributed by atoms with Gasteiger partial charge in [0.15, 0.2) is 23.0 Å². The van der Waals surface area contributed by atoms with Crippen LogP contribution in [0.2, 0.25) is 0 Å². The van der Waals surface area contributed by atoms with E-state index in [9.17, 15) is 34.2 Å². The van der Waals surface area contributed by atoms with Crippen molar-refractivity contribution in [3.8, 4) is 0 Å². The van der Waals surface area contributed by atoms with Crippen LogP contribution in [0.15, 0.2) is 47.8 Å². The van der Waals surface area contributed by atoms with Gasteiger partial charge in [-0.3, -0.25) is 19.2 Å². The van der Waals surface area contributed by atoms with Crippen LogP contribution in [-0.2, 0) is 28.7 Å². The number of carbonyl (C=O) groups is 5. The number of fused-ring (bicyclic) bond motifs is 3. The predicted octanol–water partition coefficient (Wildman–Crippen LogP) is 3.15. The summed E-state index contributed by atoms with van der Waals surface area (Å²) in [6.45, 7) is 8.83. The molecular formula is C28H34O8. The first-order valence-corrected chi connectivity index (χ1v) is 12.1. The van der Waals surface area contributed by atoms with E-state index in [0.717, 1.165) is 0 Å². The number of hydrogen-bond acceptors (Lipinski definition) is 8. The van der Waals surface area contributed by atoms with Crippen LogP contribution in [0, 0.1) is 29.1 Å². The lowest BCUT2D eigenvalue weighted by Crippen LogP contribution is -2.77. The van der Waals surface area contributed by atoms with Crippen molar-refractivity contribution in [2.45, 2.75) is 65.6 Å². The first kappa shape index (κ1) is 27.5. The van der Waals surface area contributed by atoms with Gasteiger partial charge in [-0.05, 0) is 54.0 Å². The average Bonchev–Trinajstić information content (AvgIpc) is 3.01. The van der Waals surface area contributed by atoms with E-state index in [1.54, 1.807) is 38.2 Å². The third kappa shape index (κ3) is 3.74. The van der Waals surface area contributed by atoms with Gasteiger partial charge in [0.2, 0.25) is 0 Å². The number of Topliss-reactive ketones (excluding diaryl/α,β-unsaturated/α-hetero) is 3. The molecule has 1 heterocycles. The fourth-order valence-electron chi connectivity index (χ4n) is 6.43. The van der Waals surface area contributed by atoms with Gasteiger partial charge in [0.25, 0.3) is 0 Å². The smallest absolute Gasteiger partial charge is 0.338 e. The van der Waals surface area contributed by atoms with Crippen molar-refractivity contribution >= 4 is 29.1 Å². The molecule has 0 amide bonds. The quantitative estimate of drug-likeness (QED) is 0.171. The van der Waals surface area contributed by atoms with Crippen LogP contribution < -0.4 is 0 Å². The van der Waals surface area contributed by atoms with Gasteiger partial charge in [-0.1, -0.05) is 30.4 Å². The zero-order valence-electron chi connectivity index (χ0n) is 21.5. The molecule has 4 rings (SSSR count). The molecule has 36 heavy (non-hydrogen) atoms. The topological polar surface area (TPSA) is 135 Å². The number of ketones is 4. The summed E-state index contributed by atoms with van der Waals surface area (Å²) in [5.74, 6) is -9.33. The molecule has 0 aromatic carbocycles. The number of allylic oxidation sites excluding steroid dienone is 6. The van der Waals surface area contributed by atoms with Gasteiger partial charge in [0.05, 0.1) is 16.9 Å². The molecule has 1 aliphatic heterocycles. The number of rotatable bonds is 8. The summed E-state index contributed by atoms with van der Waals surface area (Å²) in [7, 11) is 0. The minimum atomic E-state index is -2.20. The first-order valence-electron chi connectivity index (χ1n) is 12.1. The molecule has 2 N–H and O–H groups in total. The summed E-state index contributed by atoms with van der Waals surface area (Å²) in [5, 5.41) is 22.5. The molecule has 3 saturated carbocycles. The van der Waals surface area contributed by atoms with Crippen LogP contribution in [0.5, 0.6) is 0 Å². The van der Waals surface area contributed by atoms with Crippen molar-refractivity contribution in [3.63, 3.8) is 0 Å². The molecule has 194 valence electrons. The van der Waals surface area contributed by atoms with Gasteiger partial charge in [0, 0.05) is 24.2 Å². The van der Waals surface area contributed by atoms with Crippen molar-refractivity contribution in [1.82, 2.24) is 0 Å². The van der Waals surface area contributed by atoms with Gasteiger partial charge in [0.1, 0.15) is 17.1 Å². The Morgan fingerprint density at radius 3 is 2.19 bits per heavy atom. The lowest BCUT2D eigenvalue weighted by Gasteiger charge is -2.62. The zero-order valence-corrected chi connectivity index (χ0v) is 21.5. The van der Waals surface area contributed by atoms with Gasteiger partial charge >= 0.3 is 5.97 Å². The lowest BCUT2D eigenvalue weighted by atomic mass is 9.39. The number of hydrogen-bond donors (Lipinski definition) is 2. The average molecular weight is 499 g/mol. The Balaban J connectivity index is 2.30. The zero-order chi connectivity index (χ0) is 27.2. The van der Waals surface area contributed by atoms with Crippen molar-refractivity contribution in [2.24, 2.45) is 29.1 Å². The van der Waals surface area contributed by atoms with Gasteiger partial charge < -0.3 is 14.9 Å². The number of cyclic esters (lactones) is 1. The Morgan fingerprint density at radius 2 is 1.67 bits per heavy atom. The Kier molecular flexibility index (Phi) is 7.16. The van der Waals surface area contributed by atoms with Crippen LogP contribution in [0.25, 0.3) is 0 Å². The Hall–Kier alpha value is -3.13. The molecule has 0 spiro atoms. The number of esters is 1. The van der Waals surface area contributed by atoms with E-state index < -0.39 is 75.2 Å². The van der Waals surface area contributed by atoms with Crippen molar-refractivity contribution < 1.29 is 38.9 Å². The van der Waals surface area contributed by atoms with E-state index in [4.69, 9.17) is 4.74 Å². The summed E-state index contributed by atoms with van der Waals surface area (Å²) >= 11 is 0. The second-order valence-corrected chi connectivity index (χ2v) is 10.4. The van der Waals surface area contributed by atoms with Gasteiger partial charge in [-0.2, -0.15) is 0 Å². The Labute approximate surface area is 210 Å². The molecule has 4 aliphatic rings. The third-order valence-corrected chi connectivity index (χ3v) is 8.18. The second-order valence-electron chi connectivity index (χ2n) is 10.4. The van der Waals surface area contributed by atoms with Crippen molar-refractivity contribution in [1.29, 1.82) is 0 Å². The third-order valence-electron chi connectivity index (χ3n) is 8.18. The summed E-state index contributed by atoms with van der Waals surface area (Å²) in [6.07, 6.45) is 9.80. The number of aliphatic hydroxyl groups excluding tert-OH is 1. The fourth-order valence-corrected chi connectivity index (χ4v) is 6.43. The number of carbonyl (C=O) groups excluding carboxylic acids is 5. The highest BCUT2D eigenvalue weighted by Gasteiger charge is 2.78. The van der Waals surface area contributed by atoms with E-state index in [1.807, 2.05) is 0 Å². The highest BCUT2D eigenvalue weighted by atomic mass is 16.6. The van der Waals surface area contributed by atoms with Crippen molar-refractivity contribution in [3.05, 3.63) is 47.8 Å². The molecule has 3 aliphatic carbocycles. The van der Waals surface area contributed by atoms with Crippen LogP contribution in [0.3, 0.4) is 0 Å². The normalized spacial score (nSPS) is 38.7. The van der Waals surface area contributed by atoms with Gasteiger partial charge in [-0.25, -0.2) is 4.79 Å². The summed E-state index contributed by atoms with van der Waals surface area (Å²) < 4.78 is 5.60. The largest absolute Gasteiger partial charge is 0.507 e. The molecule has 0 aromatic rings. The van der Waals surface area contributed by atoms with E-state index >= 15 is 0 Å². The van der Waals surface area contributed by atoms with Crippen LogP contribution in [0.1, 0.15) is 54.4 Å². The van der Waals surface area contributed by atoms with Gasteiger partial charge in [-0.15, -0.1) is 0 Å². The summed E-state index contributed by atoms with van der Waals surface area (Å²) in [5.41, 5.74) is -6.16. The highest BCUT2D eigenvalue weighted by molar-refractivity contribution is 6.24. The maximum Gasteiger partial charge on any atom is 0.338 e. The molecule has 0 aromatic heterocycles. The Bertz CT molecular complexity index is 1140. The molecule has 0 radical (unpaired) electrons. The molecular weight excluding hydrogens is 464 g/mol. The molecule has 3 fully saturated rings. The number of ether oxygens (including phenoxy) is 1. The maximum absolute atomic E-state index is 13.8. The molecule has 2 bridgehead atoms. The van der Waals surface area contributed by atoms with Crippen LogP contribution in [-0.4, -0.2) is 50.5 Å². The van der Waals surface area contributed by atoms with Crippen molar-refractivity contribution in [2.75, 3.05) is 0 Å². The van der Waals surface area contributed by atoms with E-state index in [2.05, 4.69) is 0 Å². The highest BCUT2D eigenvalue weighted by Crippen LogP contribution is 2.64. The fraction of sp³-hybridized carbons (Fsp3) is 0.536. The molecule has 8 nitrogen and oxygen atoms in total. The molecule has 8 heteroatoms. The van der Waals surface area contributed by atoms with Crippen LogP contribution in [0.4, 0.5) is 0 Å². The molecule has 7 atom stereocenters. The summed E-state index contributed by atoms with van der Waals surface area (Å²) in [6, 6.07) is 0. The van der Waals surface area contributed by atoms with E-state index in [0.29, 0.717) is 6.42 Å². The maximum atomic E-state index is 13.8. The molecule has 0 unspecified atom stereocenters. The predicted molar refractivity (Wildman–Crippen MR) is 131 cm³/mol. The molecule has 0 saturated heterocycles. The standard InChI is InChI=1S/C28H34O8/c1-7-9-11-13-16(29)18-20-21(28(6)22(31)15(3)24(33)36-28)19(17(30)14-12-10-8-2)26(4,23(18)32)25(34)27(20,5)35/h7-11,13,18-21,31,35H,12,14H2,1-6H3/b9-7+,10-8+,13-11+/t18-,19-,20-,21-,26-,27+,28-/m1/s1. The van der Waals surface area contributed by atoms with E-state index in [-0.39, 0.29) is 12.0 Å². The summed E-state index contributed by atoms with van der Waals surface area (Å²) in [4.78, 5) is 67.0. The van der Waals surface area contributed by atoms with E-state index in [1.165, 1.54) is 39.8 Å². The first-order chi connectivity index (χ1) is 16.7. The minimum Gasteiger partial charge on any atom is -0.507 e. The minimum absolute atomic E-state index is 0.0101. The van der Waals surface area contributed by atoms with Crippen LogP contribution >= 0.6 is 0 Å². The Morgan fingerprint density at radius 1 is 1.03 bits per heavy atom. The second kappa shape index (κ2) is 9.39. The lowest BCUT2D eigenvalue weighted by molar-refractivity contribution is -0.221. The monoisotopic (exact) mass is 498 g/mol.